The standard InChI is InChI=1S/C16H15NO5/c1-21-16(20)14-9-13(7-8-15(14)19)17(11-18)22-10-12-5-3-2-4-6-12/h2-9,11,19H,10H2,1H3. The molecule has 0 bridgehead atoms. The number of methoxy groups -OCH3 is 1. The van der Waals surface area contributed by atoms with Crippen LogP contribution in [0.5, 0.6) is 5.75 Å². The van der Waals surface area contributed by atoms with Gasteiger partial charge in [0.25, 0.3) is 0 Å². The molecule has 1 amide bonds. The zero-order valence-electron chi connectivity index (χ0n) is 11.9. The van der Waals surface area contributed by atoms with Crippen LogP contribution in [0.1, 0.15) is 15.9 Å². The van der Waals surface area contributed by atoms with Crippen LogP contribution in [0.2, 0.25) is 0 Å². The maximum atomic E-state index is 11.5. The monoisotopic (exact) mass is 301 g/mol. The van der Waals surface area contributed by atoms with Crippen LogP contribution in [0, 0.1) is 0 Å². The van der Waals surface area contributed by atoms with Crippen LogP contribution in [0.4, 0.5) is 5.69 Å². The number of carbonyl (C=O) groups excluding carboxylic acids is 2. The van der Waals surface area contributed by atoms with E-state index in [0.29, 0.717) is 12.1 Å². The molecule has 0 saturated heterocycles. The first-order chi connectivity index (χ1) is 10.7. The maximum absolute atomic E-state index is 11.5. The number of benzene rings is 2. The smallest absolute Gasteiger partial charge is 0.341 e. The van der Waals surface area contributed by atoms with Crippen LogP contribution in [0.25, 0.3) is 0 Å². The lowest BCUT2D eigenvalue weighted by molar-refractivity contribution is -0.114. The van der Waals surface area contributed by atoms with Gasteiger partial charge in [0.2, 0.25) is 6.41 Å². The topological polar surface area (TPSA) is 76.1 Å². The first-order valence-electron chi connectivity index (χ1n) is 6.48. The van der Waals surface area contributed by atoms with Gasteiger partial charge in [-0.15, -0.1) is 0 Å². The number of esters is 1. The molecule has 0 spiro atoms. The van der Waals surface area contributed by atoms with Gasteiger partial charge in [0.15, 0.2) is 0 Å². The molecule has 0 aromatic heterocycles. The Bertz CT molecular complexity index is 657. The Morgan fingerprint density at radius 2 is 1.95 bits per heavy atom. The fraction of sp³-hybridized carbons (Fsp3) is 0.125. The molecule has 6 heteroatoms. The molecule has 0 heterocycles. The molecule has 0 radical (unpaired) electrons. The molecular weight excluding hydrogens is 286 g/mol. The molecule has 2 aromatic carbocycles. The van der Waals surface area contributed by atoms with Crippen molar-refractivity contribution in [1.29, 1.82) is 0 Å². The van der Waals surface area contributed by atoms with Crippen LogP contribution in [0.15, 0.2) is 48.5 Å². The lowest BCUT2D eigenvalue weighted by atomic mass is 10.2. The van der Waals surface area contributed by atoms with E-state index in [9.17, 15) is 14.7 Å². The van der Waals surface area contributed by atoms with Crippen molar-refractivity contribution in [2.24, 2.45) is 0 Å². The van der Waals surface area contributed by atoms with Gasteiger partial charge in [-0.25, -0.2) is 4.79 Å². The Balaban J connectivity index is 2.17. The highest BCUT2D eigenvalue weighted by Gasteiger charge is 2.15. The normalized spacial score (nSPS) is 10.0. The fourth-order valence-electron chi connectivity index (χ4n) is 1.82. The highest BCUT2D eigenvalue weighted by atomic mass is 16.7. The number of ether oxygens (including phenoxy) is 1. The molecule has 0 unspecified atom stereocenters. The number of phenols is 1. The fourth-order valence-corrected chi connectivity index (χ4v) is 1.82. The number of hydroxylamine groups is 1. The summed E-state index contributed by atoms with van der Waals surface area (Å²) in [5.41, 5.74) is 1.15. The van der Waals surface area contributed by atoms with Crippen molar-refractivity contribution in [2.45, 2.75) is 6.61 Å². The quantitative estimate of drug-likeness (QED) is 0.503. The number of carbonyl (C=O) groups is 2. The molecule has 22 heavy (non-hydrogen) atoms. The van der Waals surface area contributed by atoms with Gasteiger partial charge in [-0.2, -0.15) is 5.06 Å². The zero-order chi connectivity index (χ0) is 15.9. The van der Waals surface area contributed by atoms with E-state index in [4.69, 9.17) is 4.84 Å². The van der Waals surface area contributed by atoms with Crippen molar-refractivity contribution in [2.75, 3.05) is 12.2 Å². The van der Waals surface area contributed by atoms with Gasteiger partial charge in [0.1, 0.15) is 17.9 Å². The Hall–Kier alpha value is -2.86. The molecule has 1 N–H and O–H groups in total. The minimum Gasteiger partial charge on any atom is -0.507 e. The molecule has 0 aliphatic rings. The molecule has 6 nitrogen and oxygen atoms in total. The Morgan fingerprint density at radius 3 is 2.59 bits per heavy atom. The number of aromatic hydroxyl groups is 1. The highest BCUT2D eigenvalue weighted by Crippen LogP contribution is 2.24. The Labute approximate surface area is 127 Å². The van der Waals surface area contributed by atoms with Crippen molar-refractivity contribution >= 4 is 18.1 Å². The number of rotatable bonds is 6. The molecule has 0 fully saturated rings. The SMILES string of the molecule is COC(=O)c1cc(N(C=O)OCc2ccccc2)ccc1O. The molecule has 114 valence electrons. The second kappa shape index (κ2) is 7.24. The molecule has 0 aliphatic heterocycles. The van der Waals surface area contributed by atoms with Crippen LogP contribution in [0.3, 0.4) is 0 Å². The van der Waals surface area contributed by atoms with Crippen LogP contribution in [-0.4, -0.2) is 24.6 Å². The summed E-state index contributed by atoms with van der Waals surface area (Å²) in [6.45, 7) is 0.189. The summed E-state index contributed by atoms with van der Waals surface area (Å²) < 4.78 is 4.57. The summed E-state index contributed by atoms with van der Waals surface area (Å²) in [5.74, 6) is -0.933. The Morgan fingerprint density at radius 1 is 1.23 bits per heavy atom. The van der Waals surface area contributed by atoms with Gasteiger partial charge in [0.05, 0.1) is 12.8 Å². The first-order valence-corrected chi connectivity index (χ1v) is 6.48. The average molecular weight is 301 g/mol. The number of hydrogen-bond donors (Lipinski definition) is 1. The van der Waals surface area contributed by atoms with Gasteiger partial charge >= 0.3 is 5.97 Å². The zero-order valence-corrected chi connectivity index (χ0v) is 11.9. The van der Waals surface area contributed by atoms with Crippen LogP contribution in [-0.2, 0) is 21.0 Å². The summed E-state index contributed by atoms with van der Waals surface area (Å²) in [6.07, 6.45) is 0.483. The lowest BCUT2D eigenvalue weighted by Crippen LogP contribution is -2.21. The third-order valence-corrected chi connectivity index (χ3v) is 2.95. The molecule has 2 rings (SSSR count). The van der Waals surface area contributed by atoms with Crippen LogP contribution < -0.4 is 5.06 Å². The maximum Gasteiger partial charge on any atom is 0.341 e. The third kappa shape index (κ3) is 3.62. The van der Waals surface area contributed by atoms with E-state index in [1.165, 1.54) is 25.3 Å². The number of hydrogen-bond acceptors (Lipinski definition) is 5. The Kier molecular flexibility index (Phi) is 5.11. The minimum atomic E-state index is -0.701. The van der Waals surface area contributed by atoms with Crippen molar-refractivity contribution in [1.82, 2.24) is 0 Å². The van der Waals surface area contributed by atoms with E-state index < -0.39 is 5.97 Å². The highest BCUT2D eigenvalue weighted by molar-refractivity contribution is 5.94. The summed E-state index contributed by atoms with van der Waals surface area (Å²) in [4.78, 5) is 28.1. The summed E-state index contributed by atoms with van der Waals surface area (Å²) in [5, 5.41) is 10.6. The molecule has 0 atom stereocenters. The second-order valence-electron chi connectivity index (χ2n) is 4.38. The summed E-state index contributed by atoms with van der Waals surface area (Å²) in [7, 11) is 1.21. The van der Waals surface area contributed by atoms with Gasteiger partial charge < -0.3 is 9.84 Å². The van der Waals surface area contributed by atoms with Crippen molar-refractivity contribution < 1.29 is 24.3 Å². The number of anilines is 1. The molecular formula is C16H15NO5. The predicted octanol–water partition coefficient (Wildman–Crippen LogP) is 2.27. The second-order valence-corrected chi connectivity index (χ2v) is 4.38. The van der Waals surface area contributed by atoms with Crippen molar-refractivity contribution in [3.05, 3.63) is 59.7 Å². The third-order valence-electron chi connectivity index (χ3n) is 2.95. The summed E-state index contributed by atoms with van der Waals surface area (Å²) >= 11 is 0. The van der Waals surface area contributed by atoms with Gasteiger partial charge in [-0.1, -0.05) is 30.3 Å². The van der Waals surface area contributed by atoms with E-state index >= 15 is 0 Å². The van der Waals surface area contributed by atoms with Gasteiger partial charge in [0, 0.05) is 0 Å². The number of phenolic OH excluding ortho intramolecular Hbond substituents is 1. The lowest BCUT2D eigenvalue weighted by Gasteiger charge is -2.17. The minimum absolute atomic E-state index is 0.0461. The van der Waals surface area contributed by atoms with Gasteiger partial charge in [-0.3, -0.25) is 9.63 Å². The van der Waals surface area contributed by atoms with Crippen molar-refractivity contribution in [3.63, 3.8) is 0 Å². The molecule has 0 aliphatic carbocycles. The molecule has 2 aromatic rings. The van der Waals surface area contributed by atoms with Crippen LogP contribution >= 0.6 is 0 Å². The average Bonchev–Trinajstić information content (AvgIpc) is 2.57. The first kappa shape index (κ1) is 15.5. The van der Waals surface area contributed by atoms with E-state index in [0.717, 1.165) is 10.6 Å². The molecule has 0 saturated carbocycles. The van der Waals surface area contributed by atoms with E-state index in [1.54, 1.807) is 0 Å². The summed E-state index contributed by atoms with van der Waals surface area (Å²) in [6, 6.07) is 13.4. The number of nitrogens with zero attached hydrogens (tertiary/aromatic N) is 1. The van der Waals surface area contributed by atoms with E-state index in [-0.39, 0.29) is 17.9 Å². The predicted molar refractivity (Wildman–Crippen MR) is 79.2 cm³/mol. The van der Waals surface area contributed by atoms with Gasteiger partial charge in [-0.05, 0) is 23.8 Å². The largest absolute Gasteiger partial charge is 0.507 e. The van der Waals surface area contributed by atoms with E-state index in [1.807, 2.05) is 30.3 Å². The number of amides is 1. The van der Waals surface area contributed by atoms with E-state index in [2.05, 4.69) is 4.74 Å². The van der Waals surface area contributed by atoms with Crippen molar-refractivity contribution in [3.8, 4) is 5.75 Å².